The molecule has 0 N–H and O–H groups in total. The molecule has 5 heteroatoms. The lowest BCUT2D eigenvalue weighted by Crippen LogP contribution is -3.00. The highest BCUT2D eigenvalue weighted by molar-refractivity contribution is 5.69. The van der Waals surface area contributed by atoms with Crippen LogP contribution in [0.1, 0.15) is 102 Å². The van der Waals surface area contributed by atoms with E-state index in [1.807, 2.05) is 6.07 Å². The lowest BCUT2D eigenvalue weighted by molar-refractivity contribution is -0.904. The first-order valence-electron chi connectivity index (χ1n) is 13.6. The number of quaternary nitrogens is 1. The molecule has 0 aliphatic heterocycles. The maximum atomic E-state index is 11.9. The van der Waals surface area contributed by atoms with Gasteiger partial charge in [0.2, 0.25) is 0 Å². The maximum Gasteiger partial charge on any atom is 0.305 e. The number of likely N-dealkylation sites (N-methyl/N-ethyl adjacent to an activating group) is 1. The van der Waals surface area contributed by atoms with Crippen LogP contribution in [0.2, 0.25) is 0 Å². The van der Waals surface area contributed by atoms with Crippen LogP contribution in [0.5, 0.6) is 0 Å². The maximum absolute atomic E-state index is 11.9. The van der Waals surface area contributed by atoms with E-state index in [1.54, 1.807) is 0 Å². The largest absolute Gasteiger partial charge is 1.00 e. The zero-order chi connectivity index (χ0) is 24.0. The Morgan fingerprint density at radius 1 is 0.735 bits per heavy atom. The summed E-state index contributed by atoms with van der Waals surface area (Å²) in [6.07, 6.45) is 17.7. The summed E-state index contributed by atoms with van der Waals surface area (Å²) in [7, 11) is 4.43. The fourth-order valence-corrected chi connectivity index (χ4v) is 4.14. The summed E-state index contributed by atoms with van der Waals surface area (Å²) in [5, 5.41) is 0. The van der Waals surface area contributed by atoms with Crippen LogP contribution in [0.4, 0.5) is 0 Å². The molecule has 0 aliphatic carbocycles. The molecule has 0 atom stereocenters. The van der Waals surface area contributed by atoms with Gasteiger partial charge in [0, 0.05) is 12.0 Å². The molecule has 34 heavy (non-hydrogen) atoms. The van der Waals surface area contributed by atoms with Crippen molar-refractivity contribution in [2.75, 3.05) is 40.5 Å². The highest BCUT2D eigenvalue weighted by atomic mass is 79.9. The van der Waals surface area contributed by atoms with Crippen molar-refractivity contribution in [1.82, 2.24) is 0 Å². The van der Waals surface area contributed by atoms with E-state index in [-0.39, 0.29) is 23.0 Å². The number of unbranched alkanes of at least 4 members (excludes halogenated alkanes) is 12. The molecule has 1 rings (SSSR count). The second-order valence-corrected chi connectivity index (χ2v) is 10.1. The summed E-state index contributed by atoms with van der Waals surface area (Å²) in [6.45, 7) is 5.71. The van der Waals surface area contributed by atoms with Gasteiger partial charge in [-0.25, -0.2) is 0 Å². The monoisotopic (exact) mass is 541 g/mol. The van der Waals surface area contributed by atoms with E-state index in [2.05, 4.69) is 45.3 Å². The number of carbonyl (C=O) groups is 1. The summed E-state index contributed by atoms with van der Waals surface area (Å²) in [5.74, 6) is -0.0816. The second kappa shape index (κ2) is 22.5. The molecular formula is C29H52BrNO3. The first-order valence-corrected chi connectivity index (χ1v) is 13.6. The average molecular weight is 543 g/mol. The van der Waals surface area contributed by atoms with Crippen LogP contribution >= 0.6 is 0 Å². The van der Waals surface area contributed by atoms with E-state index in [0.29, 0.717) is 26.2 Å². The quantitative estimate of drug-likeness (QED) is 0.125. The fraction of sp³-hybridized carbons (Fsp3) is 0.759. The standard InChI is InChI=1S/C29H52NO3.BrH/c1-4-5-6-7-8-9-10-11-12-13-14-15-19-22-29(31)33-26-25-32-24-23-30(2,3)27-28-20-17-16-18-21-28;/h16-18,20-21H,4-15,19,22-27H2,1-3H3;1H/q+1;/p-1. The molecule has 0 heterocycles. The van der Waals surface area contributed by atoms with Gasteiger partial charge in [0.1, 0.15) is 19.7 Å². The Kier molecular flexibility index (Phi) is 21.9. The molecule has 0 saturated heterocycles. The first kappa shape index (κ1) is 33.1. The van der Waals surface area contributed by atoms with Gasteiger partial charge in [0.05, 0.1) is 27.3 Å². The fourth-order valence-electron chi connectivity index (χ4n) is 4.14. The molecule has 0 unspecified atom stereocenters. The Morgan fingerprint density at radius 3 is 1.82 bits per heavy atom. The van der Waals surface area contributed by atoms with Crippen LogP contribution in [-0.4, -0.2) is 50.9 Å². The molecule has 0 spiro atoms. The van der Waals surface area contributed by atoms with Gasteiger partial charge < -0.3 is 30.9 Å². The Morgan fingerprint density at radius 2 is 1.26 bits per heavy atom. The molecular weight excluding hydrogens is 490 g/mol. The van der Waals surface area contributed by atoms with Crippen molar-refractivity contribution in [3.63, 3.8) is 0 Å². The Labute approximate surface area is 221 Å². The minimum atomic E-state index is -0.0816. The number of hydrogen-bond acceptors (Lipinski definition) is 3. The molecule has 0 fully saturated rings. The Bertz CT molecular complexity index is 580. The highest BCUT2D eigenvalue weighted by Crippen LogP contribution is 2.13. The van der Waals surface area contributed by atoms with Gasteiger partial charge in [-0.1, -0.05) is 114 Å². The van der Waals surface area contributed by atoms with Gasteiger partial charge in [-0.05, 0) is 6.42 Å². The predicted molar refractivity (Wildman–Crippen MR) is 139 cm³/mol. The zero-order valence-electron chi connectivity index (χ0n) is 22.4. The smallest absolute Gasteiger partial charge is 0.305 e. The van der Waals surface area contributed by atoms with Crippen molar-refractivity contribution < 1.29 is 35.7 Å². The number of halogens is 1. The van der Waals surface area contributed by atoms with Crippen LogP contribution in [0.3, 0.4) is 0 Å². The molecule has 0 aliphatic rings. The minimum absolute atomic E-state index is 0. The van der Waals surface area contributed by atoms with Crippen molar-refractivity contribution >= 4 is 5.97 Å². The van der Waals surface area contributed by atoms with Crippen molar-refractivity contribution in [2.45, 2.75) is 103 Å². The number of esters is 1. The van der Waals surface area contributed by atoms with Crippen molar-refractivity contribution in [3.05, 3.63) is 35.9 Å². The molecule has 0 saturated carbocycles. The van der Waals surface area contributed by atoms with Crippen LogP contribution < -0.4 is 17.0 Å². The molecule has 198 valence electrons. The van der Waals surface area contributed by atoms with Gasteiger partial charge >= 0.3 is 5.97 Å². The molecule has 1 aromatic carbocycles. The number of carbonyl (C=O) groups excluding carboxylic acids is 1. The predicted octanol–water partition coefficient (Wildman–Crippen LogP) is 4.31. The third-order valence-electron chi connectivity index (χ3n) is 6.27. The third kappa shape index (κ3) is 20.5. The summed E-state index contributed by atoms with van der Waals surface area (Å²) < 4.78 is 11.9. The molecule has 1 aromatic rings. The van der Waals surface area contributed by atoms with E-state index in [0.717, 1.165) is 30.4 Å². The van der Waals surface area contributed by atoms with Gasteiger partial charge in [-0.15, -0.1) is 0 Å². The SMILES string of the molecule is CCCCCCCCCCCCCCCC(=O)OCCOCC[N+](C)(C)Cc1ccccc1.[Br-]. The van der Waals surface area contributed by atoms with E-state index >= 15 is 0 Å². The summed E-state index contributed by atoms with van der Waals surface area (Å²) in [4.78, 5) is 11.9. The molecule has 0 aromatic heterocycles. The van der Waals surface area contributed by atoms with Crippen molar-refractivity contribution in [3.8, 4) is 0 Å². The van der Waals surface area contributed by atoms with Crippen molar-refractivity contribution in [2.24, 2.45) is 0 Å². The van der Waals surface area contributed by atoms with Crippen LogP contribution in [0.25, 0.3) is 0 Å². The number of rotatable bonds is 22. The summed E-state index contributed by atoms with van der Waals surface area (Å²) in [6, 6.07) is 10.5. The topological polar surface area (TPSA) is 35.5 Å². The minimum Gasteiger partial charge on any atom is -1.00 e. The van der Waals surface area contributed by atoms with Crippen molar-refractivity contribution in [1.29, 1.82) is 0 Å². The lowest BCUT2D eigenvalue weighted by atomic mass is 10.0. The van der Waals surface area contributed by atoms with Crippen LogP contribution in [-0.2, 0) is 20.8 Å². The van der Waals surface area contributed by atoms with Crippen LogP contribution in [0, 0.1) is 0 Å². The lowest BCUT2D eigenvalue weighted by Gasteiger charge is -2.29. The molecule has 4 nitrogen and oxygen atoms in total. The van der Waals surface area contributed by atoms with Crippen LogP contribution in [0.15, 0.2) is 30.3 Å². The highest BCUT2D eigenvalue weighted by Gasteiger charge is 2.15. The van der Waals surface area contributed by atoms with Gasteiger partial charge in [0.15, 0.2) is 0 Å². The number of benzene rings is 1. The molecule has 0 radical (unpaired) electrons. The normalized spacial score (nSPS) is 11.3. The Hall–Kier alpha value is -0.910. The summed E-state index contributed by atoms with van der Waals surface area (Å²) in [5.41, 5.74) is 1.34. The van der Waals surface area contributed by atoms with Gasteiger partial charge in [0.25, 0.3) is 0 Å². The van der Waals surface area contributed by atoms with E-state index in [4.69, 9.17) is 9.47 Å². The number of nitrogens with zero attached hydrogens (tertiary/aromatic N) is 1. The number of ether oxygens (including phenoxy) is 2. The first-order chi connectivity index (χ1) is 16.0. The molecule has 0 bridgehead atoms. The number of hydrogen-bond donors (Lipinski definition) is 0. The average Bonchev–Trinajstić information content (AvgIpc) is 2.79. The molecule has 0 amide bonds. The zero-order valence-corrected chi connectivity index (χ0v) is 24.0. The van der Waals surface area contributed by atoms with E-state index in [1.165, 1.54) is 76.2 Å². The van der Waals surface area contributed by atoms with E-state index < -0.39 is 0 Å². The van der Waals surface area contributed by atoms with Gasteiger partial charge in [-0.2, -0.15) is 0 Å². The summed E-state index contributed by atoms with van der Waals surface area (Å²) >= 11 is 0. The third-order valence-corrected chi connectivity index (χ3v) is 6.27. The Balaban J connectivity index is 0.0000109. The van der Waals surface area contributed by atoms with Gasteiger partial charge in [-0.3, -0.25) is 4.79 Å². The second-order valence-electron chi connectivity index (χ2n) is 10.1. The van der Waals surface area contributed by atoms with E-state index in [9.17, 15) is 4.79 Å².